The van der Waals surface area contributed by atoms with Gasteiger partial charge in [-0.1, -0.05) is 13.8 Å². The highest BCUT2D eigenvalue weighted by atomic mass is 16.4. The molecular formula is C11H17N3O3. The molecule has 1 aromatic heterocycles. The summed E-state index contributed by atoms with van der Waals surface area (Å²) < 4.78 is 1.53. The molecule has 0 aliphatic heterocycles. The number of likely N-dealkylation sites (N-methyl/N-ethyl adjacent to an activating group) is 1. The number of nitrogens with zero attached hydrogens (tertiary/aromatic N) is 2. The highest BCUT2D eigenvalue weighted by Gasteiger charge is 2.23. The fourth-order valence-electron chi connectivity index (χ4n) is 1.78. The molecule has 1 heterocycles. The van der Waals surface area contributed by atoms with Gasteiger partial charge in [-0.05, 0) is 19.2 Å². The summed E-state index contributed by atoms with van der Waals surface area (Å²) in [5, 5.41) is 8.83. The monoisotopic (exact) mass is 239 g/mol. The highest BCUT2D eigenvalue weighted by Crippen LogP contribution is 2.14. The van der Waals surface area contributed by atoms with Crippen LogP contribution in [0.25, 0.3) is 0 Å². The van der Waals surface area contributed by atoms with E-state index < -0.39 is 18.0 Å². The molecule has 1 unspecified atom stereocenters. The predicted octanol–water partition coefficient (Wildman–Crippen LogP) is 0.512. The fraction of sp³-hybridized carbons (Fsp3) is 0.455. The van der Waals surface area contributed by atoms with Gasteiger partial charge in [0.25, 0.3) is 5.91 Å². The molecule has 0 saturated carbocycles. The van der Waals surface area contributed by atoms with Gasteiger partial charge in [0.2, 0.25) is 0 Å². The van der Waals surface area contributed by atoms with Gasteiger partial charge in [-0.3, -0.25) is 9.69 Å². The third-order valence-corrected chi connectivity index (χ3v) is 2.66. The van der Waals surface area contributed by atoms with Crippen molar-refractivity contribution in [1.82, 2.24) is 9.47 Å². The van der Waals surface area contributed by atoms with E-state index in [1.807, 2.05) is 18.7 Å². The standard InChI is InChI=1S/C11H17N3O3/c1-3-13(4-2)10(9(12)15)14-6-5-8(7-14)11(16)17/h5-7,10H,3-4H2,1-2H3,(H2,12,15)(H,16,17). The van der Waals surface area contributed by atoms with Crippen LogP contribution < -0.4 is 5.73 Å². The average Bonchev–Trinajstić information content (AvgIpc) is 2.73. The summed E-state index contributed by atoms with van der Waals surface area (Å²) in [7, 11) is 0. The van der Waals surface area contributed by atoms with Crippen LogP contribution in [0.4, 0.5) is 0 Å². The Morgan fingerprint density at radius 2 is 2.06 bits per heavy atom. The summed E-state index contributed by atoms with van der Waals surface area (Å²) in [6.07, 6.45) is 2.32. The summed E-state index contributed by atoms with van der Waals surface area (Å²) in [5.74, 6) is -1.52. The Balaban J connectivity index is 3.05. The maximum absolute atomic E-state index is 11.5. The number of hydrogen-bond donors (Lipinski definition) is 2. The molecule has 0 saturated heterocycles. The van der Waals surface area contributed by atoms with Crippen LogP contribution in [0, 0.1) is 0 Å². The van der Waals surface area contributed by atoms with Crippen molar-refractivity contribution < 1.29 is 14.7 Å². The van der Waals surface area contributed by atoms with Crippen LogP contribution in [0.2, 0.25) is 0 Å². The summed E-state index contributed by atoms with van der Waals surface area (Å²) >= 11 is 0. The van der Waals surface area contributed by atoms with E-state index in [-0.39, 0.29) is 5.56 Å². The lowest BCUT2D eigenvalue weighted by Crippen LogP contribution is -2.40. The second kappa shape index (κ2) is 5.49. The van der Waals surface area contributed by atoms with Crippen LogP contribution in [0.3, 0.4) is 0 Å². The van der Waals surface area contributed by atoms with Crippen molar-refractivity contribution in [2.75, 3.05) is 13.1 Å². The van der Waals surface area contributed by atoms with Crippen molar-refractivity contribution in [3.05, 3.63) is 24.0 Å². The molecule has 6 nitrogen and oxygen atoms in total. The molecule has 1 amide bonds. The Hall–Kier alpha value is -1.82. The van der Waals surface area contributed by atoms with Gasteiger partial charge >= 0.3 is 5.97 Å². The third kappa shape index (κ3) is 2.85. The molecule has 17 heavy (non-hydrogen) atoms. The van der Waals surface area contributed by atoms with Crippen molar-refractivity contribution in [1.29, 1.82) is 0 Å². The normalized spacial score (nSPS) is 12.6. The SMILES string of the molecule is CCN(CC)C(C(N)=O)n1ccc(C(=O)O)c1. The quantitative estimate of drug-likeness (QED) is 0.757. The summed E-state index contributed by atoms with van der Waals surface area (Å²) in [6.45, 7) is 5.15. The first-order chi connectivity index (χ1) is 8.01. The van der Waals surface area contributed by atoms with Crippen LogP contribution in [-0.2, 0) is 4.79 Å². The van der Waals surface area contributed by atoms with E-state index in [9.17, 15) is 9.59 Å². The molecule has 0 radical (unpaired) electrons. The largest absolute Gasteiger partial charge is 0.478 e. The Morgan fingerprint density at radius 3 is 2.41 bits per heavy atom. The topological polar surface area (TPSA) is 88.6 Å². The van der Waals surface area contributed by atoms with E-state index in [0.717, 1.165) is 0 Å². The molecule has 1 atom stereocenters. The van der Waals surface area contributed by atoms with Gasteiger partial charge in [-0.2, -0.15) is 0 Å². The zero-order valence-corrected chi connectivity index (χ0v) is 9.96. The molecule has 6 heteroatoms. The van der Waals surface area contributed by atoms with Gasteiger partial charge in [-0.25, -0.2) is 4.79 Å². The van der Waals surface area contributed by atoms with E-state index in [1.54, 1.807) is 6.20 Å². The number of carbonyl (C=O) groups excluding carboxylic acids is 1. The summed E-state index contributed by atoms with van der Waals surface area (Å²) in [6, 6.07) is 1.45. The molecular weight excluding hydrogens is 222 g/mol. The maximum Gasteiger partial charge on any atom is 0.337 e. The highest BCUT2D eigenvalue weighted by molar-refractivity contribution is 5.87. The smallest absolute Gasteiger partial charge is 0.337 e. The number of rotatable bonds is 6. The van der Waals surface area contributed by atoms with E-state index >= 15 is 0 Å². The third-order valence-electron chi connectivity index (χ3n) is 2.66. The minimum Gasteiger partial charge on any atom is -0.478 e. The molecule has 1 aromatic rings. The van der Waals surface area contributed by atoms with Crippen LogP contribution in [0.5, 0.6) is 0 Å². The van der Waals surface area contributed by atoms with Crippen LogP contribution >= 0.6 is 0 Å². The van der Waals surface area contributed by atoms with Crippen LogP contribution in [0.1, 0.15) is 30.4 Å². The van der Waals surface area contributed by atoms with Crippen LogP contribution in [0.15, 0.2) is 18.5 Å². The minimum atomic E-state index is -1.02. The summed E-state index contributed by atoms with van der Waals surface area (Å²) in [5.41, 5.74) is 5.50. The number of aromatic carboxylic acids is 1. The fourth-order valence-corrected chi connectivity index (χ4v) is 1.78. The Labute approximate surface area is 99.6 Å². The molecule has 3 N–H and O–H groups in total. The minimum absolute atomic E-state index is 0.142. The van der Waals surface area contributed by atoms with E-state index in [2.05, 4.69) is 0 Å². The molecule has 0 aliphatic rings. The van der Waals surface area contributed by atoms with Gasteiger partial charge in [0.15, 0.2) is 6.17 Å². The zero-order chi connectivity index (χ0) is 13.0. The van der Waals surface area contributed by atoms with Gasteiger partial charge in [0.1, 0.15) is 0 Å². The Kier molecular flexibility index (Phi) is 4.28. The first kappa shape index (κ1) is 13.2. The lowest BCUT2D eigenvalue weighted by atomic mass is 10.3. The Bertz CT molecular complexity index is 410. The number of carboxylic acids is 1. The first-order valence-electron chi connectivity index (χ1n) is 5.45. The maximum atomic E-state index is 11.5. The Morgan fingerprint density at radius 1 is 1.47 bits per heavy atom. The van der Waals surface area contributed by atoms with Gasteiger partial charge in [-0.15, -0.1) is 0 Å². The van der Waals surface area contributed by atoms with Crippen molar-refractivity contribution in [2.45, 2.75) is 20.0 Å². The molecule has 0 bridgehead atoms. The van der Waals surface area contributed by atoms with Crippen molar-refractivity contribution in [3.8, 4) is 0 Å². The van der Waals surface area contributed by atoms with E-state index in [1.165, 1.54) is 16.8 Å². The molecule has 0 fully saturated rings. The lowest BCUT2D eigenvalue weighted by molar-refractivity contribution is -0.126. The molecule has 0 spiro atoms. The second-order valence-electron chi connectivity index (χ2n) is 3.65. The molecule has 94 valence electrons. The lowest BCUT2D eigenvalue weighted by Gasteiger charge is -2.28. The predicted molar refractivity (Wildman–Crippen MR) is 62.5 cm³/mol. The van der Waals surface area contributed by atoms with Gasteiger partial charge < -0.3 is 15.4 Å². The molecule has 0 aliphatic carbocycles. The second-order valence-corrected chi connectivity index (χ2v) is 3.65. The van der Waals surface area contributed by atoms with Gasteiger partial charge in [0, 0.05) is 12.4 Å². The number of aromatic nitrogens is 1. The number of nitrogens with two attached hydrogens (primary N) is 1. The number of amides is 1. The number of carboxylic acid groups (broad SMARTS) is 1. The van der Waals surface area contributed by atoms with E-state index in [4.69, 9.17) is 10.8 Å². The number of carbonyl (C=O) groups is 2. The van der Waals surface area contributed by atoms with Crippen molar-refractivity contribution in [2.24, 2.45) is 5.73 Å². The average molecular weight is 239 g/mol. The van der Waals surface area contributed by atoms with Crippen molar-refractivity contribution >= 4 is 11.9 Å². The summed E-state index contributed by atoms with van der Waals surface area (Å²) in [4.78, 5) is 24.1. The van der Waals surface area contributed by atoms with E-state index in [0.29, 0.717) is 13.1 Å². The molecule has 0 aromatic carbocycles. The van der Waals surface area contributed by atoms with Crippen LogP contribution in [-0.4, -0.2) is 39.5 Å². The van der Waals surface area contributed by atoms with Gasteiger partial charge in [0.05, 0.1) is 5.56 Å². The number of hydrogen-bond acceptors (Lipinski definition) is 3. The first-order valence-corrected chi connectivity index (χ1v) is 5.45. The molecule has 1 rings (SSSR count). The van der Waals surface area contributed by atoms with Crippen molar-refractivity contribution in [3.63, 3.8) is 0 Å². The number of primary amides is 1. The zero-order valence-electron chi connectivity index (χ0n) is 9.96.